The Morgan fingerprint density at radius 1 is 1.30 bits per heavy atom. The van der Waals surface area contributed by atoms with E-state index in [1.165, 1.54) is 11.3 Å². The van der Waals surface area contributed by atoms with Gasteiger partial charge in [0.15, 0.2) is 0 Å². The van der Waals surface area contributed by atoms with Crippen LogP contribution in [0.5, 0.6) is 0 Å². The third-order valence-electron chi connectivity index (χ3n) is 4.11. The molecule has 4 nitrogen and oxygen atoms in total. The molecule has 1 aromatic heterocycles. The molecule has 0 aliphatic heterocycles. The summed E-state index contributed by atoms with van der Waals surface area (Å²) in [5.41, 5.74) is 0. The number of hydrogen-bond donors (Lipinski definition) is 2. The molecule has 106 valence electrons. The second-order valence-electron chi connectivity index (χ2n) is 5.26. The van der Waals surface area contributed by atoms with E-state index in [4.69, 9.17) is 11.6 Å². The Balaban J connectivity index is 1.67. The van der Waals surface area contributed by atoms with Gasteiger partial charge in [-0.2, -0.15) is 0 Å². The molecule has 2 N–H and O–H groups in total. The van der Waals surface area contributed by atoms with E-state index in [-0.39, 0.29) is 17.7 Å². The summed E-state index contributed by atoms with van der Waals surface area (Å²) >= 11 is 7.25. The van der Waals surface area contributed by atoms with Crippen molar-refractivity contribution < 1.29 is 14.7 Å². The second-order valence-corrected chi connectivity index (χ2v) is 7.06. The molecule has 0 aromatic carbocycles. The average Bonchev–Trinajstić information content (AvgIpc) is 3.10. The van der Waals surface area contributed by atoms with Gasteiger partial charge in [0, 0.05) is 4.88 Å². The topological polar surface area (TPSA) is 66.4 Å². The van der Waals surface area contributed by atoms with Gasteiger partial charge >= 0.3 is 5.97 Å². The molecule has 0 radical (unpaired) electrons. The van der Waals surface area contributed by atoms with Gasteiger partial charge < -0.3 is 10.4 Å². The third-order valence-corrected chi connectivity index (χ3v) is 5.34. The fourth-order valence-corrected chi connectivity index (χ4v) is 4.28. The summed E-state index contributed by atoms with van der Waals surface area (Å²) < 4.78 is 0.681. The molecule has 2 bridgehead atoms. The Hall–Kier alpha value is -1.33. The van der Waals surface area contributed by atoms with Crippen LogP contribution in [0, 0.1) is 23.7 Å². The number of rotatable bonds is 4. The van der Waals surface area contributed by atoms with Gasteiger partial charge in [-0.1, -0.05) is 23.8 Å². The zero-order valence-electron chi connectivity index (χ0n) is 10.6. The fourth-order valence-electron chi connectivity index (χ4n) is 3.26. The van der Waals surface area contributed by atoms with Crippen molar-refractivity contribution in [2.75, 3.05) is 0 Å². The van der Waals surface area contributed by atoms with Crippen molar-refractivity contribution >= 4 is 34.8 Å². The summed E-state index contributed by atoms with van der Waals surface area (Å²) in [7, 11) is 0. The number of carbonyl (C=O) groups excluding carboxylic acids is 1. The molecule has 2 aliphatic rings. The van der Waals surface area contributed by atoms with Crippen molar-refractivity contribution in [1.82, 2.24) is 5.32 Å². The maximum Gasteiger partial charge on any atom is 0.307 e. The number of allylic oxidation sites excluding steroid dienone is 2. The highest BCUT2D eigenvalue weighted by Gasteiger charge is 2.51. The highest BCUT2D eigenvalue weighted by atomic mass is 35.5. The Bertz CT molecular complexity index is 583. The van der Waals surface area contributed by atoms with Gasteiger partial charge in [-0.25, -0.2) is 0 Å². The lowest BCUT2D eigenvalue weighted by atomic mass is 9.82. The molecule has 1 heterocycles. The molecule has 4 atom stereocenters. The van der Waals surface area contributed by atoms with Crippen LogP contribution in [0.2, 0.25) is 4.34 Å². The van der Waals surface area contributed by atoms with Gasteiger partial charge in [0.25, 0.3) is 0 Å². The van der Waals surface area contributed by atoms with Crippen LogP contribution in [0.4, 0.5) is 0 Å². The summed E-state index contributed by atoms with van der Waals surface area (Å²) in [6, 6.07) is 3.65. The van der Waals surface area contributed by atoms with E-state index in [0.717, 1.165) is 11.3 Å². The average molecular weight is 312 g/mol. The highest BCUT2D eigenvalue weighted by Crippen LogP contribution is 2.48. The summed E-state index contributed by atoms with van der Waals surface area (Å²) in [6.07, 6.45) is 4.70. The van der Waals surface area contributed by atoms with Gasteiger partial charge in [0.1, 0.15) is 0 Å². The molecule has 2 aliphatic carbocycles. The highest BCUT2D eigenvalue weighted by molar-refractivity contribution is 7.16. The minimum atomic E-state index is -0.874. The largest absolute Gasteiger partial charge is 0.481 e. The lowest BCUT2D eigenvalue weighted by molar-refractivity contribution is -0.147. The summed E-state index contributed by atoms with van der Waals surface area (Å²) in [6.45, 7) is 0.403. The number of halogens is 1. The number of carboxylic acids is 1. The van der Waals surface area contributed by atoms with Crippen molar-refractivity contribution in [1.29, 1.82) is 0 Å². The van der Waals surface area contributed by atoms with E-state index >= 15 is 0 Å². The normalized spacial score (nSPS) is 30.6. The predicted octanol–water partition coefficient (Wildman–Crippen LogP) is 2.54. The molecular weight excluding hydrogens is 298 g/mol. The molecule has 20 heavy (non-hydrogen) atoms. The Morgan fingerprint density at radius 2 is 2.00 bits per heavy atom. The molecule has 1 fully saturated rings. The number of amides is 1. The first-order chi connectivity index (χ1) is 9.56. The zero-order valence-corrected chi connectivity index (χ0v) is 12.2. The SMILES string of the molecule is O=C(O)[C@@H]1C2C=CC(C2)[C@@H]1C(=O)NCc1ccc(Cl)s1. The van der Waals surface area contributed by atoms with Crippen LogP contribution in [-0.4, -0.2) is 17.0 Å². The maximum atomic E-state index is 12.3. The van der Waals surface area contributed by atoms with Crippen molar-refractivity contribution in [3.63, 3.8) is 0 Å². The molecule has 0 spiro atoms. The molecule has 2 unspecified atom stereocenters. The standard InChI is InChI=1S/C14H14ClNO3S/c15-10-4-3-9(20-10)6-16-13(17)11-7-1-2-8(5-7)12(11)14(18)19/h1-4,7-8,11-12H,5-6H2,(H,16,17)(H,18,19)/t7?,8?,11-,12+/m0/s1. The van der Waals surface area contributed by atoms with Crippen LogP contribution >= 0.6 is 22.9 Å². The minimum absolute atomic E-state index is 0.00410. The van der Waals surface area contributed by atoms with Crippen LogP contribution in [0.3, 0.4) is 0 Å². The van der Waals surface area contributed by atoms with Crippen molar-refractivity contribution in [3.8, 4) is 0 Å². The Kier molecular flexibility index (Phi) is 3.56. The first-order valence-electron chi connectivity index (χ1n) is 6.49. The van der Waals surface area contributed by atoms with Crippen molar-refractivity contribution in [3.05, 3.63) is 33.5 Å². The number of carbonyl (C=O) groups is 2. The summed E-state index contributed by atoms with van der Waals surface area (Å²) in [5.74, 6) is -2.01. The van der Waals surface area contributed by atoms with E-state index in [0.29, 0.717) is 10.9 Å². The minimum Gasteiger partial charge on any atom is -0.481 e. The van der Waals surface area contributed by atoms with Gasteiger partial charge in [0.05, 0.1) is 22.7 Å². The zero-order chi connectivity index (χ0) is 14.3. The first-order valence-corrected chi connectivity index (χ1v) is 7.69. The lowest BCUT2D eigenvalue weighted by Gasteiger charge is -2.23. The molecule has 6 heteroatoms. The fraction of sp³-hybridized carbons (Fsp3) is 0.429. The van der Waals surface area contributed by atoms with Crippen molar-refractivity contribution in [2.45, 2.75) is 13.0 Å². The molecule has 0 saturated heterocycles. The molecule has 3 rings (SSSR count). The molecule has 1 aromatic rings. The van der Waals surface area contributed by atoms with Gasteiger partial charge in [-0.3, -0.25) is 9.59 Å². The Morgan fingerprint density at radius 3 is 2.60 bits per heavy atom. The van der Waals surface area contributed by atoms with Gasteiger partial charge in [-0.15, -0.1) is 11.3 Å². The quantitative estimate of drug-likeness (QED) is 0.840. The first kappa shape index (κ1) is 13.6. The number of carboxylic acid groups (broad SMARTS) is 1. The number of nitrogens with one attached hydrogen (secondary N) is 1. The van der Waals surface area contributed by atoms with E-state index in [9.17, 15) is 14.7 Å². The second kappa shape index (κ2) is 5.22. The van der Waals surface area contributed by atoms with Crippen LogP contribution in [-0.2, 0) is 16.1 Å². The van der Waals surface area contributed by atoms with Crippen LogP contribution in [0.25, 0.3) is 0 Å². The smallest absolute Gasteiger partial charge is 0.307 e. The molecule has 1 saturated carbocycles. The molecular formula is C14H14ClNO3S. The van der Waals surface area contributed by atoms with Crippen molar-refractivity contribution in [2.24, 2.45) is 23.7 Å². The van der Waals surface area contributed by atoms with Crippen LogP contribution in [0.1, 0.15) is 11.3 Å². The molecule has 1 amide bonds. The summed E-state index contributed by atoms with van der Waals surface area (Å²) in [5, 5.41) is 12.2. The van der Waals surface area contributed by atoms with Gasteiger partial charge in [0.2, 0.25) is 5.91 Å². The number of fused-ring (bicyclic) bond motifs is 2. The van der Waals surface area contributed by atoms with Crippen LogP contribution in [0.15, 0.2) is 24.3 Å². The number of hydrogen-bond acceptors (Lipinski definition) is 3. The maximum absolute atomic E-state index is 12.3. The van der Waals surface area contributed by atoms with E-state index in [1.807, 2.05) is 18.2 Å². The van der Waals surface area contributed by atoms with E-state index in [2.05, 4.69) is 5.32 Å². The van der Waals surface area contributed by atoms with Crippen LogP contribution < -0.4 is 5.32 Å². The summed E-state index contributed by atoms with van der Waals surface area (Å²) in [4.78, 5) is 24.6. The third kappa shape index (κ3) is 2.36. The Labute approximate surface area is 125 Å². The number of aliphatic carboxylic acids is 1. The van der Waals surface area contributed by atoms with E-state index in [1.54, 1.807) is 6.07 Å². The predicted molar refractivity (Wildman–Crippen MR) is 76.5 cm³/mol. The lowest BCUT2D eigenvalue weighted by Crippen LogP contribution is -2.39. The number of thiophene rings is 1. The monoisotopic (exact) mass is 311 g/mol. The van der Waals surface area contributed by atoms with E-state index < -0.39 is 17.8 Å². The van der Waals surface area contributed by atoms with Gasteiger partial charge in [-0.05, 0) is 30.4 Å².